The number of carboxylic acids is 1. The molecule has 3 rings (SSSR count). The van der Waals surface area contributed by atoms with E-state index in [1.807, 2.05) is 30.3 Å². The number of hydrogen-bond acceptors (Lipinski definition) is 3. The first-order valence-electron chi connectivity index (χ1n) is 7.83. The number of hydrogen-bond donors (Lipinski definition) is 1. The molecule has 2 heterocycles. The van der Waals surface area contributed by atoms with Gasteiger partial charge in [0.15, 0.2) is 0 Å². The molecular weight excluding hydrogens is 264 g/mol. The molecule has 0 aliphatic carbocycles. The van der Waals surface area contributed by atoms with E-state index in [1.54, 1.807) is 0 Å². The first-order chi connectivity index (χ1) is 10.1. The zero-order chi connectivity index (χ0) is 14.9. The summed E-state index contributed by atoms with van der Waals surface area (Å²) in [6.07, 6.45) is 2.64. The molecule has 0 amide bonds. The Hall–Kier alpha value is -1.39. The lowest BCUT2D eigenvalue weighted by molar-refractivity contribution is -0.146. The van der Waals surface area contributed by atoms with E-state index in [-0.39, 0.29) is 0 Å². The molecule has 0 saturated carbocycles. The number of benzene rings is 1. The quantitative estimate of drug-likeness (QED) is 0.921. The molecular formula is C17H24N2O2. The predicted molar refractivity (Wildman–Crippen MR) is 82.5 cm³/mol. The van der Waals surface area contributed by atoms with E-state index in [0.29, 0.717) is 18.9 Å². The second-order valence-corrected chi connectivity index (χ2v) is 6.49. The number of carbonyl (C=O) groups is 1. The maximum Gasteiger partial charge on any atom is 0.314 e. The zero-order valence-corrected chi connectivity index (χ0v) is 12.7. The van der Waals surface area contributed by atoms with Gasteiger partial charge in [-0.15, -0.1) is 0 Å². The van der Waals surface area contributed by atoms with Gasteiger partial charge in [0.05, 0.1) is 5.41 Å². The summed E-state index contributed by atoms with van der Waals surface area (Å²) < 4.78 is 0. The number of carboxylic acid groups (broad SMARTS) is 1. The Morgan fingerprint density at radius 3 is 2.38 bits per heavy atom. The summed E-state index contributed by atoms with van der Waals surface area (Å²) in [5.41, 5.74) is 0.267. The van der Waals surface area contributed by atoms with Gasteiger partial charge in [-0.3, -0.25) is 9.69 Å². The molecule has 0 spiro atoms. The predicted octanol–water partition coefficient (Wildman–Crippen LogP) is 1.81. The van der Waals surface area contributed by atoms with Crippen molar-refractivity contribution in [3.05, 3.63) is 35.9 Å². The van der Waals surface area contributed by atoms with Crippen LogP contribution < -0.4 is 0 Å². The van der Waals surface area contributed by atoms with Crippen molar-refractivity contribution in [2.75, 3.05) is 33.2 Å². The average molecular weight is 288 g/mol. The third-order valence-electron chi connectivity index (χ3n) is 5.27. The highest BCUT2D eigenvalue weighted by atomic mass is 16.4. The van der Waals surface area contributed by atoms with Crippen LogP contribution in [-0.2, 0) is 10.2 Å². The van der Waals surface area contributed by atoms with Gasteiger partial charge in [-0.25, -0.2) is 0 Å². The largest absolute Gasteiger partial charge is 0.481 e. The molecule has 2 aliphatic rings. The highest BCUT2D eigenvalue weighted by molar-refractivity contribution is 5.81. The first-order valence-corrected chi connectivity index (χ1v) is 7.83. The Labute approximate surface area is 126 Å². The highest BCUT2D eigenvalue weighted by Gasteiger charge is 2.44. The molecule has 0 bridgehead atoms. The van der Waals surface area contributed by atoms with E-state index in [4.69, 9.17) is 0 Å². The molecule has 1 N–H and O–H groups in total. The smallest absolute Gasteiger partial charge is 0.314 e. The van der Waals surface area contributed by atoms with Crippen molar-refractivity contribution in [2.24, 2.45) is 0 Å². The van der Waals surface area contributed by atoms with Gasteiger partial charge in [0.25, 0.3) is 0 Å². The van der Waals surface area contributed by atoms with E-state index in [2.05, 4.69) is 16.8 Å². The molecule has 0 aromatic heterocycles. The van der Waals surface area contributed by atoms with Gasteiger partial charge in [-0.1, -0.05) is 30.3 Å². The van der Waals surface area contributed by atoms with Gasteiger partial charge in [-0.2, -0.15) is 0 Å². The van der Waals surface area contributed by atoms with Gasteiger partial charge in [0, 0.05) is 12.6 Å². The van der Waals surface area contributed by atoms with Crippen LogP contribution in [0.25, 0.3) is 0 Å². The molecule has 1 atom stereocenters. The molecule has 1 aromatic rings. The minimum atomic E-state index is -0.692. The molecule has 2 saturated heterocycles. The summed E-state index contributed by atoms with van der Waals surface area (Å²) in [4.78, 5) is 16.8. The summed E-state index contributed by atoms with van der Waals surface area (Å²) in [6, 6.07) is 10.4. The normalized spacial score (nSPS) is 26.8. The van der Waals surface area contributed by atoms with Gasteiger partial charge in [0.2, 0.25) is 0 Å². The zero-order valence-electron chi connectivity index (χ0n) is 12.7. The second kappa shape index (κ2) is 5.78. The Bertz CT molecular complexity index is 495. The van der Waals surface area contributed by atoms with Crippen LogP contribution in [0.1, 0.15) is 24.8 Å². The summed E-state index contributed by atoms with van der Waals surface area (Å²) in [5, 5.41) is 9.81. The summed E-state index contributed by atoms with van der Waals surface area (Å²) in [5.74, 6) is -0.670. The number of likely N-dealkylation sites (N-methyl/N-ethyl adjacent to an activating group) is 1. The van der Waals surface area contributed by atoms with Gasteiger partial charge in [0.1, 0.15) is 0 Å². The topological polar surface area (TPSA) is 43.8 Å². The van der Waals surface area contributed by atoms with E-state index in [9.17, 15) is 9.90 Å². The van der Waals surface area contributed by atoms with E-state index < -0.39 is 11.4 Å². The lowest BCUT2D eigenvalue weighted by Crippen LogP contribution is -2.50. The van der Waals surface area contributed by atoms with E-state index in [0.717, 1.165) is 31.7 Å². The summed E-state index contributed by atoms with van der Waals surface area (Å²) in [6.45, 7) is 4.05. The second-order valence-electron chi connectivity index (χ2n) is 6.49. The van der Waals surface area contributed by atoms with Crippen molar-refractivity contribution < 1.29 is 9.90 Å². The Morgan fingerprint density at radius 1 is 1.19 bits per heavy atom. The third-order valence-corrected chi connectivity index (χ3v) is 5.27. The van der Waals surface area contributed by atoms with Crippen molar-refractivity contribution in [3.63, 3.8) is 0 Å². The lowest BCUT2D eigenvalue weighted by Gasteiger charge is -2.41. The molecule has 2 aliphatic heterocycles. The van der Waals surface area contributed by atoms with Crippen molar-refractivity contribution >= 4 is 5.97 Å². The van der Waals surface area contributed by atoms with Gasteiger partial charge < -0.3 is 10.0 Å². The standard InChI is InChI=1S/C17H24N2O2/c1-18-10-7-15(13-18)19-11-8-17(9-12-19,16(20)21)14-5-3-2-4-6-14/h2-6,15H,7-13H2,1H3,(H,20,21). The molecule has 2 fully saturated rings. The SMILES string of the molecule is CN1CCC(N2CCC(C(=O)O)(c3ccccc3)CC2)C1. The average Bonchev–Trinajstić information content (AvgIpc) is 2.94. The summed E-state index contributed by atoms with van der Waals surface area (Å²) >= 11 is 0. The number of likely N-dealkylation sites (tertiary alicyclic amines) is 2. The fourth-order valence-electron chi connectivity index (χ4n) is 3.86. The first kappa shape index (κ1) is 14.5. The highest BCUT2D eigenvalue weighted by Crippen LogP contribution is 2.37. The molecule has 4 heteroatoms. The van der Waals surface area contributed by atoms with E-state index >= 15 is 0 Å². The van der Waals surface area contributed by atoms with Crippen LogP contribution in [0.2, 0.25) is 0 Å². The van der Waals surface area contributed by atoms with Crippen molar-refractivity contribution in [1.82, 2.24) is 9.80 Å². The van der Waals surface area contributed by atoms with E-state index in [1.165, 1.54) is 6.42 Å². The molecule has 0 radical (unpaired) electrons. The van der Waals surface area contributed by atoms with Gasteiger partial charge >= 0.3 is 5.97 Å². The van der Waals surface area contributed by atoms with Crippen LogP contribution in [0.15, 0.2) is 30.3 Å². The van der Waals surface area contributed by atoms with Crippen molar-refractivity contribution in [2.45, 2.75) is 30.7 Å². The van der Waals surface area contributed by atoms with Crippen LogP contribution in [0.4, 0.5) is 0 Å². The number of piperidine rings is 1. The third kappa shape index (κ3) is 2.70. The number of rotatable bonds is 3. The van der Waals surface area contributed by atoms with Crippen LogP contribution in [-0.4, -0.2) is 60.1 Å². The monoisotopic (exact) mass is 288 g/mol. The Balaban J connectivity index is 1.74. The van der Waals surface area contributed by atoms with Crippen molar-refractivity contribution in [3.8, 4) is 0 Å². The number of aliphatic carboxylic acids is 1. The van der Waals surface area contributed by atoms with Crippen LogP contribution >= 0.6 is 0 Å². The maximum atomic E-state index is 11.9. The lowest BCUT2D eigenvalue weighted by atomic mass is 9.72. The van der Waals surface area contributed by atoms with Crippen LogP contribution in [0.3, 0.4) is 0 Å². The molecule has 1 aromatic carbocycles. The fraction of sp³-hybridized carbons (Fsp3) is 0.588. The minimum Gasteiger partial charge on any atom is -0.481 e. The molecule has 114 valence electrons. The van der Waals surface area contributed by atoms with Crippen LogP contribution in [0.5, 0.6) is 0 Å². The molecule has 21 heavy (non-hydrogen) atoms. The van der Waals surface area contributed by atoms with Crippen LogP contribution in [0, 0.1) is 0 Å². The van der Waals surface area contributed by atoms with Gasteiger partial charge in [-0.05, 0) is 51.5 Å². The maximum absolute atomic E-state index is 11.9. The minimum absolute atomic E-state index is 0.609. The molecule has 1 unspecified atom stereocenters. The molecule has 4 nitrogen and oxygen atoms in total. The van der Waals surface area contributed by atoms with Crippen molar-refractivity contribution in [1.29, 1.82) is 0 Å². The Morgan fingerprint density at radius 2 is 1.86 bits per heavy atom. The fourth-order valence-corrected chi connectivity index (χ4v) is 3.86. The summed E-state index contributed by atoms with van der Waals surface area (Å²) in [7, 11) is 2.16. The Kier molecular flexibility index (Phi) is 4.00. The number of nitrogens with zero attached hydrogens (tertiary/aromatic N) is 2.